The number of ether oxygens (including phenoxy) is 1. The summed E-state index contributed by atoms with van der Waals surface area (Å²) >= 11 is 0. The Morgan fingerprint density at radius 2 is 2.04 bits per heavy atom. The maximum atomic E-state index is 12.0. The summed E-state index contributed by atoms with van der Waals surface area (Å²) in [6.07, 6.45) is 7.83. The second-order valence-corrected chi connectivity index (χ2v) is 5.83. The summed E-state index contributed by atoms with van der Waals surface area (Å²) < 4.78 is 5.45. The van der Waals surface area contributed by atoms with Crippen molar-refractivity contribution in [2.45, 2.75) is 39.2 Å². The van der Waals surface area contributed by atoms with Gasteiger partial charge in [0.2, 0.25) is 0 Å². The fourth-order valence-corrected chi connectivity index (χ4v) is 1.94. The number of carbonyl (C=O) groups is 1. The van der Waals surface area contributed by atoms with Crippen LogP contribution in [0.25, 0.3) is 6.08 Å². The monoisotopic (exact) mass is 316 g/mol. The zero-order valence-corrected chi connectivity index (χ0v) is 13.9. The number of phenols is 2. The van der Waals surface area contributed by atoms with Crippen LogP contribution in [0.5, 0.6) is 11.5 Å². The Morgan fingerprint density at radius 3 is 2.61 bits per heavy atom. The lowest BCUT2D eigenvalue weighted by Gasteiger charge is -2.25. The zero-order valence-electron chi connectivity index (χ0n) is 13.9. The van der Waals surface area contributed by atoms with Crippen molar-refractivity contribution in [2.24, 2.45) is 0 Å². The van der Waals surface area contributed by atoms with Crippen molar-refractivity contribution in [2.75, 3.05) is 0 Å². The van der Waals surface area contributed by atoms with Crippen molar-refractivity contribution < 1.29 is 19.7 Å². The maximum absolute atomic E-state index is 12.0. The van der Waals surface area contributed by atoms with Crippen LogP contribution in [0.2, 0.25) is 0 Å². The minimum atomic E-state index is -0.746. The van der Waals surface area contributed by atoms with Crippen LogP contribution in [0.4, 0.5) is 0 Å². The summed E-state index contributed by atoms with van der Waals surface area (Å²) in [5, 5.41) is 18.9. The minimum absolute atomic E-state index is 0.0410. The first-order valence-corrected chi connectivity index (χ1v) is 7.46. The van der Waals surface area contributed by atoms with Crippen LogP contribution in [-0.4, -0.2) is 21.8 Å². The molecule has 0 spiro atoms. The Hall–Kier alpha value is -2.49. The van der Waals surface area contributed by atoms with Gasteiger partial charge in [-0.25, -0.2) is 4.79 Å². The largest absolute Gasteiger partial charge is 0.508 e. The molecule has 4 nitrogen and oxygen atoms in total. The highest BCUT2D eigenvalue weighted by molar-refractivity contribution is 5.88. The average Bonchev–Trinajstić information content (AvgIpc) is 2.46. The summed E-state index contributed by atoms with van der Waals surface area (Å²) in [6, 6.07) is 4.15. The molecule has 1 aromatic carbocycles. The Morgan fingerprint density at radius 1 is 1.35 bits per heavy atom. The van der Waals surface area contributed by atoms with E-state index in [1.165, 1.54) is 35.9 Å². The summed E-state index contributed by atoms with van der Waals surface area (Å²) in [7, 11) is 0. The predicted molar refractivity (Wildman–Crippen MR) is 92.2 cm³/mol. The Labute approximate surface area is 137 Å². The number of allylic oxidation sites excluding steroid dienone is 2. The molecule has 0 radical (unpaired) electrons. The topological polar surface area (TPSA) is 66.8 Å². The van der Waals surface area contributed by atoms with Crippen LogP contribution in [0.1, 0.15) is 39.2 Å². The molecule has 0 aliphatic rings. The number of rotatable bonds is 7. The highest BCUT2D eigenvalue weighted by Gasteiger charge is 2.23. The Bertz CT molecular complexity index is 624. The lowest BCUT2D eigenvalue weighted by atomic mass is 9.99. The summed E-state index contributed by atoms with van der Waals surface area (Å²) in [4.78, 5) is 12.0. The van der Waals surface area contributed by atoms with Gasteiger partial charge in [-0.05, 0) is 57.9 Å². The number of hydrogen-bond acceptors (Lipinski definition) is 4. The smallest absolute Gasteiger partial charge is 0.331 e. The maximum Gasteiger partial charge on any atom is 0.331 e. The van der Waals surface area contributed by atoms with E-state index in [9.17, 15) is 15.0 Å². The van der Waals surface area contributed by atoms with Crippen LogP contribution in [0, 0.1) is 0 Å². The molecule has 0 saturated carbocycles. The summed E-state index contributed by atoms with van der Waals surface area (Å²) in [5.41, 5.74) is 0.889. The normalized spacial score (nSPS) is 13.3. The van der Waals surface area contributed by atoms with Crippen LogP contribution in [-0.2, 0) is 9.53 Å². The van der Waals surface area contributed by atoms with E-state index in [2.05, 4.69) is 12.7 Å². The van der Waals surface area contributed by atoms with Gasteiger partial charge in [0.25, 0.3) is 0 Å². The number of esters is 1. The third-order valence-electron chi connectivity index (χ3n) is 3.37. The molecule has 0 heterocycles. The Kier molecular flexibility index (Phi) is 6.64. The molecular weight excluding hydrogens is 292 g/mol. The van der Waals surface area contributed by atoms with E-state index in [1.54, 1.807) is 6.08 Å². The quantitative estimate of drug-likeness (QED) is 0.446. The molecule has 1 atom stereocenters. The molecule has 23 heavy (non-hydrogen) atoms. The van der Waals surface area contributed by atoms with Gasteiger partial charge in [-0.15, -0.1) is 0 Å². The molecule has 1 unspecified atom stereocenters. The van der Waals surface area contributed by atoms with Gasteiger partial charge in [0.05, 0.1) is 0 Å². The minimum Gasteiger partial charge on any atom is -0.508 e. The molecular formula is C19H24O4. The number of benzene rings is 1. The fraction of sp³-hybridized carbons (Fsp3) is 0.316. The van der Waals surface area contributed by atoms with E-state index in [4.69, 9.17) is 4.74 Å². The molecule has 2 N–H and O–H groups in total. The van der Waals surface area contributed by atoms with Gasteiger partial charge in [-0.3, -0.25) is 0 Å². The Balaban J connectivity index is 2.70. The predicted octanol–water partition coefficient (Wildman–Crippen LogP) is 4.35. The van der Waals surface area contributed by atoms with Crippen LogP contribution in [0.3, 0.4) is 0 Å². The van der Waals surface area contributed by atoms with Crippen molar-refractivity contribution in [3.8, 4) is 11.5 Å². The summed E-state index contributed by atoms with van der Waals surface area (Å²) in [5.74, 6) is -0.665. The second-order valence-electron chi connectivity index (χ2n) is 5.83. The number of carbonyl (C=O) groups excluding carboxylic acids is 1. The third kappa shape index (κ3) is 6.43. The number of phenolic OH excluding ortho intramolecular Hbond substituents is 2. The van der Waals surface area contributed by atoms with E-state index in [1.807, 2.05) is 20.8 Å². The lowest BCUT2D eigenvalue weighted by Crippen LogP contribution is -2.28. The number of aromatic hydroxyl groups is 2. The van der Waals surface area contributed by atoms with Gasteiger partial charge in [-0.1, -0.05) is 18.2 Å². The van der Waals surface area contributed by atoms with Crippen LogP contribution >= 0.6 is 0 Å². The van der Waals surface area contributed by atoms with E-state index in [0.717, 1.165) is 6.42 Å². The SMILES string of the molecule is C=CC(C)(CCC=C(C)C)OC(=O)/C=C/c1ccc(O)cc1O. The van der Waals surface area contributed by atoms with Crippen molar-refractivity contribution in [1.82, 2.24) is 0 Å². The first-order chi connectivity index (χ1) is 10.8. The van der Waals surface area contributed by atoms with Gasteiger partial charge in [-0.2, -0.15) is 0 Å². The molecule has 0 aromatic heterocycles. The lowest BCUT2D eigenvalue weighted by molar-refractivity contribution is -0.147. The van der Waals surface area contributed by atoms with Gasteiger partial charge >= 0.3 is 5.97 Å². The second kappa shape index (κ2) is 8.22. The van der Waals surface area contributed by atoms with E-state index in [-0.39, 0.29) is 11.5 Å². The summed E-state index contributed by atoms with van der Waals surface area (Å²) in [6.45, 7) is 9.58. The number of hydrogen-bond donors (Lipinski definition) is 2. The van der Waals surface area contributed by atoms with E-state index < -0.39 is 11.6 Å². The zero-order chi connectivity index (χ0) is 17.5. The highest BCUT2D eigenvalue weighted by atomic mass is 16.6. The molecule has 1 rings (SSSR count). The molecule has 1 aromatic rings. The fourth-order valence-electron chi connectivity index (χ4n) is 1.94. The average molecular weight is 316 g/mol. The van der Waals surface area contributed by atoms with Gasteiger partial charge in [0.1, 0.15) is 17.1 Å². The van der Waals surface area contributed by atoms with Crippen LogP contribution < -0.4 is 0 Å². The van der Waals surface area contributed by atoms with E-state index >= 15 is 0 Å². The highest BCUT2D eigenvalue weighted by Crippen LogP contribution is 2.24. The molecule has 124 valence electrons. The van der Waals surface area contributed by atoms with Crippen molar-refractivity contribution in [1.29, 1.82) is 0 Å². The molecule has 0 aliphatic heterocycles. The standard InChI is InChI=1S/C19H24O4/c1-5-19(4,12-6-7-14(2)3)23-18(22)11-9-15-8-10-16(20)13-17(15)21/h5,7-11,13,20-21H,1,6,12H2,2-4H3/b11-9+. The van der Waals surface area contributed by atoms with Crippen molar-refractivity contribution >= 4 is 12.0 Å². The molecule has 4 heteroatoms. The first kappa shape index (κ1) is 18.6. The molecule has 0 amide bonds. The van der Waals surface area contributed by atoms with Gasteiger partial charge in [0.15, 0.2) is 0 Å². The van der Waals surface area contributed by atoms with E-state index in [0.29, 0.717) is 12.0 Å². The molecule has 0 bridgehead atoms. The molecule has 0 saturated heterocycles. The van der Waals surface area contributed by atoms with Crippen molar-refractivity contribution in [3.63, 3.8) is 0 Å². The van der Waals surface area contributed by atoms with Gasteiger partial charge < -0.3 is 14.9 Å². The van der Waals surface area contributed by atoms with Crippen molar-refractivity contribution in [3.05, 3.63) is 54.1 Å². The third-order valence-corrected chi connectivity index (χ3v) is 3.37. The molecule has 0 aliphatic carbocycles. The molecule has 0 fully saturated rings. The van der Waals surface area contributed by atoms with Gasteiger partial charge in [0, 0.05) is 17.7 Å². The van der Waals surface area contributed by atoms with Crippen LogP contribution in [0.15, 0.2) is 48.6 Å². The first-order valence-electron chi connectivity index (χ1n) is 7.46.